The standard InChI is InChI=1S/C16H26N2O2/c1-3-18(4-2)12-14(19)10-17-11-15-9-13-7-5-6-8-16(13)20-15/h5-8,14-15,17,19H,3-4,9-12H2,1-2H3. The van der Waals surface area contributed by atoms with Gasteiger partial charge in [-0.3, -0.25) is 0 Å². The molecule has 1 aliphatic rings. The Hall–Kier alpha value is -1.10. The maximum atomic E-state index is 9.98. The summed E-state index contributed by atoms with van der Waals surface area (Å²) in [4.78, 5) is 2.23. The van der Waals surface area contributed by atoms with Crippen LogP contribution in [0.4, 0.5) is 0 Å². The minimum Gasteiger partial charge on any atom is -0.488 e. The van der Waals surface area contributed by atoms with Gasteiger partial charge in [0, 0.05) is 26.1 Å². The molecule has 0 bridgehead atoms. The van der Waals surface area contributed by atoms with Gasteiger partial charge in [-0.15, -0.1) is 0 Å². The summed E-state index contributed by atoms with van der Waals surface area (Å²) in [7, 11) is 0. The second-order valence-corrected chi connectivity index (χ2v) is 5.35. The molecule has 1 aromatic carbocycles. The van der Waals surface area contributed by atoms with Gasteiger partial charge >= 0.3 is 0 Å². The zero-order valence-electron chi connectivity index (χ0n) is 12.5. The third-order valence-electron chi connectivity index (χ3n) is 3.83. The first kappa shape index (κ1) is 15.3. The molecular weight excluding hydrogens is 252 g/mol. The molecule has 0 spiro atoms. The van der Waals surface area contributed by atoms with Crippen LogP contribution in [0.25, 0.3) is 0 Å². The largest absolute Gasteiger partial charge is 0.488 e. The Morgan fingerprint density at radius 2 is 2.10 bits per heavy atom. The number of aliphatic hydroxyl groups excluding tert-OH is 1. The van der Waals surface area contributed by atoms with E-state index < -0.39 is 0 Å². The third-order valence-corrected chi connectivity index (χ3v) is 3.83. The first-order valence-corrected chi connectivity index (χ1v) is 7.58. The van der Waals surface area contributed by atoms with Crippen molar-refractivity contribution >= 4 is 0 Å². The Kier molecular flexibility index (Phi) is 5.83. The summed E-state index contributed by atoms with van der Waals surface area (Å²) in [6.07, 6.45) is 0.821. The lowest BCUT2D eigenvalue weighted by atomic mass is 10.1. The van der Waals surface area contributed by atoms with E-state index in [-0.39, 0.29) is 12.2 Å². The number of benzene rings is 1. The molecule has 2 rings (SSSR count). The highest BCUT2D eigenvalue weighted by atomic mass is 16.5. The van der Waals surface area contributed by atoms with E-state index in [0.29, 0.717) is 6.54 Å². The molecule has 0 aromatic heterocycles. The summed E-state index contributed by atoms with van der Waals surface area (Å²) >= 11 is 0. The lowest BCUT2D eigenvalue weighted by molar-refractivity contribution is 0.113. The van der Waals surface area contributed by atoms with E-state index in [1.165, 1.54) is 5.56 Å². The average Bonchev–Trinajstić information content (AvgIpc) is 2.87. The van der Waals surface area contributed by atoms with Gasteiger partial charge in [-0.2, -0.15) is 0 Å². The van der Waals surface area contributed by atoms with Gasteiger partial charge in [0.1, 0.15) is 11.9 Å². The van der Waals surface area contributed by atoms with Crippen LogP contribution in [0.3, 0.4) is 0 Å². The number of ether oxygens (including phenoxy) is 1. The first-order chi connectivity index (χ1) is 9.72. The zero-order valence-corrected chi connectivity index (χ0v) is 12.5. The number of hydrogen-bond donors (Lipinski definition) is 2. The fourth-order valence-corrected chi connectivity index (χ4v) is 2.62. The summed E-state index contributed by atoms with van der Waals surface area (Å²) in [5, 5.41) is 13.3. The topological polar surface area (TPSA) is 44.7 Å². The predicted molar refractivity (Wildman–Crippen MR) is 81.2 cm³/mol. The van der Waals surface area contributed by atoms with Crippen molar-refractivity contribution in [3.8, 4) is 5.75 Å². The van der Waals surface area contributed by atoms with Crippen LogP contribution in [-0.2, 0) is 6.42 Å². The summed E-state index contributed by atoms with van der Waals surface area (Å²) in [5.74, 6) is 1.00. The third kappa shape index (κ3) is 4.20. The lowest BCUT2D eigenvalue weighted by Gasteiger charge is -2.22. The molecule has 4 heteroatoms. The molecular formula is C16H26N2O2. The van der Waals surface area contributed by atoms with Crippen LogP contribution in [-0.4, -0.2) is 54.9 Å². The Bertz CT molecular complexity index is 382. The van der Waals surface area contributed by atoms with Crippen molar-refractivity contribution in [1.29, 1.82) is 0 Å². The minimum atomic E-state index is -0.321. The molecule has 0 radical (unpaired) electrons. The van der Waals surface area contributed by atoms with Gasteiger partial charge in [-0.1, -0.05) is 32.0 Å². The van der Waals surface area contributed by atoms with Gasteiger partial charge in [0.05, 0.1) is 6.10 Å². The van der Waals surface area contributed by atoms with E-state index in [1.807, 2.05) is 18.2 Å². The Labute approximate surface area is 121 Å². The number of nitrogens with one attached hydrogen (secondary N) is 1. The van der Waals surface area contributed by atoms with Crippen LogP contribution in [0.2, 0.25) is 0 Å². The summed E-state index contributed by atoms with van der Waals surface area (Å²) in [6.45, 7) is 8.33. The van der Waals surface area contributed by atoms with E-state index >= 15 is 0 Å². The molecule has 0 amide bonds. The van der Waals surface area contributed by atoms with Gasteiger partial charge in [-0.25, -0.2) is 0 Å². The molecule has 20 heavy (non-hydrogen) atoms. The van der Waals surface area contributed by atoms with E-state index in [2.05, 4.69) is 30.1 Å². The van der Waals surface area contributed by atoms with Gasteiger partial charge in [-0.05, 0) is 24.7 Å². The summed E-state index contributed by atoms with van der Waals surface area (Å²) in [6, 6.07) is 8.18. The average molecular weight is 278 g/mol. The number of hydrogen-bond acceptors (Lipinski definition) is 4. The van der Waals surface area contributed by atoms with Gasteiger partial charge in [0.2, 0.25) is 0 Å². The molecule has 2 unspecified atom stereocenters. The molecule has 2 atom stereocenters. The second-order valence-electron chi connectivity index (χ2n) is 5.35. The van der Waals surface area contributed by atoms with Crippen molar-refractivity contribution in [2.75, 3.05) is 32.7 Å². The van der Waals surface area contributed by atoms with Crippen molar-refractivity contribution in [1.82, 2.24) is 10.2 Å². The molecule has 4 nitrogen and oxygen atoms in total. The second kappa shape index (κ2) is 7.62. The summed E-state index contributed by atoms with van der Waals surface area (Å²) in [5.41, 5.74) is 1.28. The quantitative estimate of drug-likeness (QED) is 0.752. The molecule has 0 saturated carbocycles. The van der Waals surface area contributed by atoms with Crippen LogP contribution in [0, 0.1) is 0 Å². The molecule has 0 fully saturated rings. The predicted octanol–water partition coefficient (Wildman–Crippen LogP) is 1.28. The van der Waals surface area contributed by atoms with Gasteiger partial charge < -0.3 is 20.1 Å². The highest BCUT2D eigenvalue weighted by molar-refractivity contribution is 5.37. The number of fused-ring (bicyclic) bond motifs is 1. The number of likely N-dealkylation sites (N-methyl/N-ethyl adjacent to an activating group) is 1. The van der Waals surface area contributed by atoms with Crippen LogP contribution < -0.4 is 10.1 Å². The molecule has 1 heterocycles. The van der Waals surface area contributed by atoms with Crippen molar-refractivity contribution < 1.29 is 9.84 Å². The van der Waals surface area contributed by atoms with Crippen molar-refractivity contribution in [3.05, 3.63) is 29.8 Å². The van der Waals surface area contributed by atoms with E-state index in [4.69, 9.17) is 4.74 Å². The molecule has 2 N–H and O–H groups in total. The zero-order chi connectivity index (χ0) is 14.4. The Morgan fingerprint density at radius 3 is 2.80 bits per heavy atom. The highest BCUT2D eigenvalue weighted by Crippen LogP contribution is 2.27. The van der Waals surface area contributed by atoms with Crippen LogP contribution in [0.15, 0.2) is 24.3 Å². The molecule has 1 aromatic rings. The van der Waals surface area contributed by atoms with E-state index in [0.717, 1.165) is 38.3 Å². The smallest absolute Gasteiger partial charge is 0.123 e. The van der Waals surface area contributed by atoms with Crippen molar-refractivity contribution in [3.63, 3.8) is 0 Å². The fourth-order valence-electron chi connectivity index (χ4n) is 2.62. The molecule has 1 aliphatic heterocycles. The maximum absolute atomic E-state index is 9.98. The van der Waals surface area contributed by atoms with E-state index in [9.17, 15) is 5.11 Å². The number of nitrogens with zero attached hydrogens (tertiary/aromatic N) is 1. The van der Waals surface area contributed by atoms with Crippen LogP contribution in [0.1, 0.15) is 19.4 Å². The van der Waals surface area contributed by atoms with Crippen LogP contribution >= 0.6 is 0 Å². The summed E-state index contributed by atoms with van der Waals surface area (Å²) < 4.78 is 5.86. The number of rotatable bonds is 8. The Morgan fingerprint density at radius 1 is 1.35 bits per heavy atom. The van der Waals surface area contributed by atoms with Crippen LogP contribution in [0.5, 0.6) is 5.75 Å². The van der Waals surface area contributed by atoms with Crippen molar-refractivity contribution in [2.45, 2.75) is 32.5 Å². The molecule has 0 aliphatic carbocycles. The van der Waals surface area contributed by atoms with Crippen molar-refractivity contribution in [2.24, 2.45) is 0 Å². The maximum Gasteiger partial charge on any atom is 0.123 e. The molecule has 112 valence electrons. The highest BCUT2D eigenvalue weighted by Gasteiger charge is 2.22. The Balaban J connectivity index is 1.65. The molecule has 0 saturated heterocycles. The SMILES string of the molecule is CCN(CC)CC(O)CNCC1Cc2ccccc2O1. The monoisotopic (exact) mass is 278 g/mol. The number of aliphatic hydroxyl groups is 1. The lowest BCUT2D eigenvalue weighted by Crippen LogP contribution is -2.40. The van der Waals surface area contributed by atoms with Gasteiger partial charge in [0.25, 0.3) is 0 Å². The normalized spacial score (nSPS) is 18.9. The first-order valence-electron chi connectivity index (χ1n) is 7.58. The number of para-hydroxylation sites is 1. The van der Waals surface area contributed by atoms with E-state index in [1.54, 1.807) is 0 Å². The minimum absolute atomic E-state index is 0.188. The fraction of sp³-hybridized carbons (Fsp3) is 0.625. The van der Waals surface area contributed by atoms with Gasteiger partial charge in [0.15, 0.2) is 0 Å².